The molecule has 1 atom stereocenters. The van der Waals surface area contributed by atoms with Gasteiger partial charge in [-0.25, -0.2) is 0 Å². The first-order valence-electron chi connectivity index (χ1n) is 7.33. The van der Waals surface area contributed by atoms with Crippen LogP contribution in [0, 0.1) is 12.8 Å². The van der Waals surface area contributed by atoms with Crippen molar-refractivity contribution in [1.29, 1.82) is 0 Å². The smallest absolute Gasteiger partial charge is 0.236 e. The highest BCUT2D eigenvalue weighted by Gasteiger charge is 2.23. The molecule has 0 saturated carbocycles. The second-order valence-electron chi connectivity index (χ2n) is 6.71. The van der Waals surface area contributed by atoms with Crippen LogP contribution in [0.5, 0.6) is 0 Å². The number of nitrogens with two attached hydrogens (primary N) is 1. The van der Waals surface area contributed by atoms with Gasteiger partial charge in [0.15, 0.2) is 0 Å². The van der Waals surface area contributed by atoms with E-state index in [1.54, 1.807) is 0 Å². The van der Waals surface area contributed by atoms with E-state index in [0.717, 1.165) is 6.42 Å². The lowest BCUT2D eigenvalue weighted by molar-refractivity contribution is -0.122. The van der Waals surface area contributed by atoms with Crippen molar-refractivity contribution in [3.05, 3.63) is 35.4 Å². The zero-order valence-electron chi connectivity index (χ0n) is 13.4. The summed E-state index contributed by atoms with van der Waals surface area (Å²) in [4.78, 5) is 12.0. The minimum Gasteiger partial charge on any atom is -0.354 e. The van der Waals surface area contributed by atoms with E-state index in [-0.39, 0.29) is 11.3 Å². The first-order chi connectivity index (χ1) is 9.22. The van der Waals surface area contributed by atoms with Crippen molar-refractivity contribution in [2.75, 3.05) is 6.54 Å². The van der Waals surface area contributed by atoms with Gasteiger partial charge in [-0.2, -0.15) is 0 Å². The summed E-state index contributed by atoms with van der Waals surface area (Å²) in [6.07, 6.45) is 0.719. The van der Waals surface area contributed by atoms with E-state index in [1.807, 2.05) is 0 Å². The molecule has 1 rings (SSSR count). The van der Waals surface area contributed by atoms with Gasteiger partial charge < -0.3 is 11.1 Å². The van der Waals surface area contributed by atoms with Gasteiger partial charge in [-0.05, 0) is 24.8 Å². The van der Waals surface area contributed by atoms with E-state index in [0.29, 0.717) is 12.5 Å². The number of hydrogen-bond acceptors (Lipinski definition) is 2. The summed E-state index contributed by atoms with van der Waals surface area (Å²) < 4.78 is 0. The number of carbonyl (C=O) groups is 1. The van der Waals surface area contributed by atoms with Crippen LogP contribution < -0.4 is 11.1 Å². The number of rotatable bonds is 6. The Labute approximate surface area is 122 Å². The van der Waals surface area contributed by atoms with Crippen molar-refractivity contribution >= 4 is 5.91 Å². The lowest BCUT2D eigenvalue weighted by Crippen LogP contribution is -2.45. The molecule has 1 amide bonds. The van der Waals surface area contributed by atoms with E-state index in [4.69, 9.17) is 5.73 Å². The van der Waals surface area contributed by atoms with E-state index in [1.165, 1.54) is 11.1 Å². The van der Waals surface area contributed by atoms with Gasteiger partial charge in [-0.1, -0.05) is 57.5 Å². The third-order valence-electron chi connectivity index (χ3n) is 3.57. The van der Waals surface area contributed by atoms with Crippen LogP contribution in [0.4, 0.5) is 0 Å². The zero-order chi connectivity index (χ0) is 15.3. The lowest BCUT2D eigenvalue weighted by Gasteiger charge is -2.27. The van der Waals surface area contributed by atoms with E-state index in [2.05, 4.69) is 64.2 Å². The Morgan fingerprint density at radius 1 is 1.35 bits per heavy atom. The molecule has 3 nitrogen and oxygen atoms in total. The molecule has 112 valence electrons. The SMILES string of the molecule is Cc1cccc(C(C)(C)CNC(=O)[C@@H](N)CC(C)C)c1. The number of carbonyl (C=O) groups excluding carboxylic acids is 1. The third-order valence-corrected chi connectivity index (χ3v) is 3.57. The maximum absolute atomic E-state index is 12.0. The Hall–Kier alpha value is -1.35. The average molecular weight is 276 g/mol. The monoisotopic (exact) mass is 276 g/mol. The van der Waals surface area contributed by atoms with Crippen LogP contribution in [0.25, 0.3) is 0 Å². The zero-order valence-corrected chi connectivity index (χ0v) is 13.4. The number of nitrogens with one attached hydrogen (secondary N) is 1. The van der Waals surface area contributed by atoms with Crippen LogP contribution in [-0.4, -0.2) is 18.5 Å². The van der Waals surface area contributed by atoms with Crippen molar-refractivity contribution in [2.24, 2.45) is 11.7 Å². The first kappa shape index (κ1) is 16.7. The summed E-state index contributed by atoms with van der Waals surface area (Å²) in [6.45, 7) is 11.1. The fourth-order valence-corrected chi connectivity index (χ4v) is 2.22. The third kappa shape index (κ3) is 4.97. The summed E-state index contributed by atoms with van der Waals surface area (Å²) >= 11 is 0. The fourth-order valence-electron chi connectivity index (χ4n) is 2.22. The summed E-state index contributed by atoms with van der Waals surface area (Å²) in [7, 11) is 0. The van der Waals surface area contributed by atoms with Gasteiger partial charge in [-0.3, -0.25) is 4.79 Å². The molecular formula is C17H28N2O. The fraction of sp³-hybridized carbons (Fsp3) is 0.588. The molecule has 3 N–H and O–H groups in total. The minimum atomic E-state index is -0.414. The summed E-state index contributed by atoms with van der Waals surface area (Å²) in [5.74, 6) is 0.375. The Morgan fingerprint density at radius 2 is 2.00 bits per heavy atom. The summed E-state index contributed by atoms with van der Waals surface area (Å²) in [5, 5.41) is 2.98. The Balaban J connectivity index is 2.61. The Morgan fingerprint density at radius 3 is 2.55 bits per heavy atom. The average Bonchev–Trinajstić information content (AvgIpc) is 2.35. The van der Waals surface area contributed by atoms with Crippen molar-refractivity contribution in [3.8, 4) is 0 Å². The van der Waals surface area contributed by atoms with Gasteiger partial charge in [-0.15, -0.1) is 0 Å². The highest BCUT2D eigenvalue weighted by molar-refractivity contribution is 5.81. The molecule has 0 unspecified atom stereocenters. The van der Waals surface area contributed by atoms with Gasteiger partial charge in [0.1, 0.15) is 0 Å². The highest BCUT2D eigenvalue weighted by Crippen LogP contribution is 2.23. The van der Waals surface area contributed by atoms with E-state index in [9.17, 15) is 4.79 Å². The molecule has 20 heavy (non-hydrogen) atoms. The quantitative estimate of drug-likeness (QED) is 0.839. The molecule has 0 aliphatic rings. The molecule has 0 aliphatic carbocycles. The number of benzene rings is 1. The Bertz CT molecular complexity index is 452. The van der Waals surface area contributed by atoms with Crippen LogP contribution in [0.15, 0.2) is 24.3 Å². The molecular weight excluding hydrogens is 248 g/mol. The summed E-state index contributed by atoms with van der Waals surface area (Å²) in [6, 6.07) is 7.99. The molecule has 0 spiro atoms. The molecule has 1 aromatic rings. The first-order valence-corrected chi connectivity index (χ1v) is 7.33. The van der Waals surface area contributed by atoms with Gasteiger partial charge in [0.05, 0.1) is 6.04 Å². The second-order valence-corrected chi connectivity index (χ2v) is 6.71. The topological polar surface area (TPSA) is 55.1 Å². The largest absolute Gasteiger partial charge is 0.354 e. The van der Waals surface area contributed by atoms with Gasteiger partial charge >= 0.3 is 0 Å². The molecule has 0 aliphatic heterocycles. The predicted octanol–water partition coefficient (Wildman–Crippen LogP) is 2.76. The molecule has 0 bridgehead atoms. The molecule has 0 aromatic heterocycles. The van der Waals surface area contributed by atoms with E-state index >= 15 is 0 Å². The minimum absolute atomic E-state index is 0.0561. The maximum Gasteiger partial charge on any atom is 0.236 e. The molecule has 0 saturated heterocycles. The van der Waals surface area contributed by atoms with Crippen molar-refractivity contribution in [2.45, 2.75) is 52.5 Å². The van der Waals surface area contributed by atoms with Crippen LogP contribution >= 0.6 is 0 Å². The van der Waals surface area contributed by atoms with E-state index < -0.39 is 6.04 Å². The Kier molecular flexibility index (Phi) is 5.75. The molecule has 0 fully saturated rings. The predicted molar refractivity (Wildman–Crippen MR) is 84.6 cm³/mol. The summed E-state index contributed by atoms with van der Waals surface area (Å²) in [5.41, 5.74) is 8.27. The van der Waals surface area contributed by atoms with Crippen molar-refractivity contribution < 1.29 is 4.79 Å². The molecule has 0 heterocycles. The van der Waals surface area contributed by atoms with Crippen molar-refractivity contribution in [3.63, 3.8) is 0 Å². The highest BCUT2D eigenvalue weighted by atomic mass is 16.2. The van der Waals surface area contributed by atoms with Crippen molar-refractivity contribution in [1.82, 2.24) is 5.32 Å². The maximum atomic E-state index is 12.0. The van der Waals surface area contributed by atoms with Crippen LogP contribution in [0.1, 0.15) is 45.2 Å². The number of amides is 1. The van der Waals surface area contributed by atoms with Gasteiger partial charge in [0, 0.05) is 12.0 Å². The molecule has 0 radical (unpaired) electrons. The number of aryl methyl sites for hydroxylation is 1. The van der Waals surface area contributed by atoms with Crippen LogP contribution in [0.2, 0.25) is 0 Å². The number of hydrogen-bond donors (Lipinski definition) is 2. The standard InChI is InChI=1S/C17H28N2O/c1-12(2)9-15(18)16(20)19-11-17(4,5)14-8-6-7-13(3)10-14/h6-8,10,12,15H,9,11,18H2,1-5H3,(H,19,20)/t15-/m0/s1. The van der Waals surface area contributed by atoms with Crippen LogP contribution in [-0.2, 0) is 10.2 Å². The normalized spacial score (nSPS) is 13.3. The van der Waals surface area contributed by atoms with Crippen LogP contribution in [0.3, 0.4) is 0 Å². The molecule has 3 heteroatoms. The lowest BCUT2D eigenvalue weighted by atomic mass is 9.84. The second kappa shape index (κ2) is 6.89. The van der Waals surface area contributed by atoms with Gasteiger partial charge in [0.25, 0.3) is 0 Å². The van der Waals surface area contributed by atoms with Gasteiger partial charge in [0.2, 0.25) is 5.91 Å². The molecule has 1 aromatic carbocycles.